The van der Waals surface area contributed by atoms with Crippen LogP contribution in [-0.2, 0) is 4.79 Å². The Kier molecular flexibility index (Phi) is 5.61. The summed E-state index contributed by atoms with van der Waals surface area (Å²) in [4.78, 5) is 17.4. The minimum absolute atomic E-state index is 0.131. The number of piperazine rings is 1. The topological polar surface area (TPSA) is 35.6 Å². The maximum absolute atomic E-state index is 13.0. The zero-order valence-electron chi connectivity index (χ0n) is 12.9. The normalized spacial score (nSPS) is 28.4. The molecule has 2 aliphatic heterocycles. The van der Waals surface area contributed by atoms with Crippen molar-refractivity contribution >= 4 is 5.91 Å². The van der Waals surface area contributed by atoms with Crippen LogP contribution >= 0.6 is 0 Å². The van der Waals surface area contributed by atoms with E-state index in [1.807, 2.05) is 6.08 Å². The van der Waals surface area contributed by atoms with Crippen LogP contribution in [-0.4, -0.2) is 61.5 Å². The Morgan fingerprint density at radius 1 is 1.35 bits per heavy atom. The largest absolute Gasteiger partial charge is 0.340 e. The molecule has 2 rings (SSSR count). The predicted octanol–water partition coefficient (Wildman–Crippen LogP) is 1.49. The molecule has 0 aromatic carbocycles. The molecule has 0 aromatic rings. The third-order valence-electron chi connectivity index (χ3n) is 4.70. The van der Waals surface area contributed by atoms with Crippen molar-refractivity contribution in [3.05, 3.63) is 12.7 Å². The third kappa shape index (κ3) is 3.41. The zero-order chi connectivity index (χ0) is 14.4. The highest BCUT2D eigenvalue weighted by atomic mass is 16.2. The molecule has 0 aromatic heterocycles. The molecule has 2 fully saturated rings. The quantitative estimate of drug-likeness (QED) is 0.775. The van der Waals surface area contributed by atoms with Crippen molar-refractivity contribution in [2.24, 2.45) is 5.41 Å². The highest BCUT2D eigenvalue weighted by molar-refractivity contribution is 5.83. The van der Waals surface area contributed by atoms with E-state index in [0.717, 1.165) is 71.5 Å². The lowest BCUT2D eigenvalue weighted by molar-refractivity contribution is -0.145. The van der Waals surface area contributed by atoms with Gasteiger partial charge < -0.3 is 10.2 Å². The summed E-state index contributed by atoms with van der Waals surface area (Å²) in [5.74, 6) is 0.393. The minimum atomic E-state index is -0.131. The van der Waals surface area contributed by atoms with Crippen LogP contribution in [0.4, 0.5) is 0 Å². The summed E-state index contributed by atoms with van der Waals surface area (Å²) in [5, 5.41) is 3.44. The van der Waals surface area contributed by atoms with Crippen molar-refractivity contribution in [3.63, 3.8) is 0 Å². The molecule has 1 atom stereocenters. The van der Waals surface area contributed by atoms with Gasteiger partial charge in [0.05, 0.1) is 5.41 Å². The van der Waals surface area contributed by atoms with Gasteiger partial charge in [0.25, 0.3) is 0 Å². The first-order chi connectivity index (χ1) is 9.72. The van der Waals surface area contributed by atoms with E-state index in [9.17, 15) is 4.79 Å². The van der Waals surface area contributed by atoms with Crippen molar-refractivity contribution in [2.45, 2.75) is 32.6 Å². The Morgan fingerprint density at radius 3 is 2.65 bits per heavy atom. The molecule has 114 valence electrons. The fourth-order valence-corrected chi connectivity index (χ4v) is 3.60. The molecule has 0 saturated carbocycles. The van der Waals surface area contributed by atoms with Crippen LogP contribution in [0.3, 0.4) is 0 Å². The van der Waals surface area contributed by atoms with Crippen LogP contribution in [0, 0.1) is 5.41 Å². The first kappa shape index (κ1) is 15.5. The number of piperidine rings is 1. The van der Waals surface area contributed by atoms with Crippen LogP contribution in [0.2, 0.25) is 0 Å². The molecule has 2 heterocycles. The van der Waals surface area contributed by atoms with Gasteiger partial charge in [0.2, 0.25) is 5.91 Å². The Bertz CT molecular complexity index is 323. The summed E-state index contributed by atoms with van der Waals surface area (Å²) in [6.07, 6.45) is 6.23. The molecule has 2 saturated heterocycles. The summed E-state index contributed by atoms with van der Waals surface area (Å²) in [5.41, 5.74) is -0.131. The molecular weight excluding hydrogens is 250 g/mol. The monoisotopic (exact) mass is 279 g/mol. The van der Waals surface area contributed by atoms with Crippen LogP contribution in [0.1, 0.15) is 32.6 Å². The summed E-state index contributed by atoms with van der Waals surface area (Å²) >= 11 is 0. The van der Waals surface area contributed by atoms with Crippen LogP contribution < -0.4 is 5.32 Å². The number of carbonyl (C=O) groups is 1. The van der Waals surface area contributed by atoms with Crippen molar-refractivity contribution in [1.82, 2.24) is 15.1 Å². The van der Waals surface area contributed by atoms with Gasteiger partial charge in [-0.3, -0.25) is 9.69 Å². The fraction of sp³-hybridized carbons (Fsp3) is 0.812. The van der Waals surface area contributed by atoms with Gasteiger partial charge in [0.15, 0.2) is 0 Å². The van der Waals surface area contributed by atoms with E-state index < -0.39 is 0 Å². The van der Waals surface area contributed by atoms with Gasteiger partial charge in [-0.25, -0.2) is 0 Å². The van der Waals surface area contributed by atoms with Crippen molar-refractivity contribution in [3.8, 4) is 0 Å². The lowest BCUT2D eigenvalue weighted by Crippen LogP contribution is -2.56. The summed E-state index contributed by atoms with van der Waals surface area (Å²) < 4.78 is 0. The zero-order valence-corrected chi connectivity index (χ0v) is 12.9. The SMILES string of the molecule is C=CCN1CCN(C(=O)C2(CCC)CCCNC2)CC1. The molecule has 0 bridgehead atoms. The van der Waals surface area contributed by atoms with Crippen LogP contribution in [0.25, 0.3) is 0 Å². The number of nitrogens with zero attached hydrogens (tertiary/aromatic N) is 2. The van der Waals surface area contributed by atoms with Gasteiger partial charge in [0.1, 0.15) is 0 Å². The Morgan fingerprint density at radius 2 is 2.10 bits per heavy atom. The van der Waals surface area contributed by atoms with Gasteiger partial charge >= 0.3 is 0 Å². The number of rotatable bonds is 5. The molecule has 1 N–H and O–H groups in total. The van der Waals surface area contributed by atoms with Crippen molar-refractivity contribution in [1.29, 1.82) is 0 Å². The average molecular weight is 279 g/mol. The molecule has 4 nitrogen and oxygen atoms in total. The van der Waals surface area contributed by atoms with Gasteiger partial charge in [-0.2, -0.15) is 0 Å². The maximum atomic E-state index is 13.0. The lowest BCUT2D eigenvalue weighted by atomic mass is 9.75. The summed E-state index contributed by atoms with van der Waals surface area (Å²) in [6, 6.07) is 0. The van der Waals surface area contributed by atoms with Gasteiger partial charge in [-0.15, -0.1) is 6.58 Å². The highest BCUT2D eigenvalue weighted by Crippen LogP contribution is 2.34. The summed E-state index contributed by atoms with van der Waals surface area (Å²) in [6.45, 7) is 12.5. The Hall–Kier alpha value is -0.870. The molecule has 0 spiro atoms. The average Bonchev–Trinajstić information content (AvgIpc) is 2.49. The standard InChI is InChI=1S/C16H29N3O/c1-3-6-16(7-5-8-17-14-16)15(20)19-12-10-18(9-4-2)11-13-19/h4,17H,2-3,5-14H2,1H3. The predicted molar refractivity (Wildman–Crippen MR) is 82.7 cm³/mol. The summed E-state index contributed by atoms with van der Waals surface area (Å²) in [7, 11) is 0. The van der Waals surface area contributed by atoms with E-state index in [4.69, 9.17) is 0 Å². The minimum Gasteiger partial charge on any atom is -0.340 e. The molecule has 1 unspecified atom stereocenters. The smallest absolute Gasteiger partial charge is 0.230 e. The molecule has 20 heavy (non-hydrogen) atoms. The van der Waals surface area contributed by atoms with E-state index in [1.54, 1.807) is 0 Å². The van der Waals surface area contributed by atoms with E-state index in [-0.39, 0.29) is 5.41 Å². The fourth-order valence-electron chi connectivity index (χ4n) is 3.60. The second-order valence-corrected chi connectivity index (χ2v) is 6.19. The highest BCUT2D eigenvalue weighted by Gasteiger charge is 2.41. The number of hydrogen-bond acceptors (Lipinski definition) is 3. The first-order valence-corrected chi connectivity index (χ1v) is 8.05. The number of hydrogen-bond donors (Lipinski definition) is 1. The Balaban J connectivity index is 1.96. The molecule has 1 amide bonds. The molecule has 0 aliphatic carbocycles. The second kappa shape index (κ2) is 7.23. The van der Waals surface area contributed by atoms with Gasteiger partial charge in [-0.05, 0) is 25.8 Å². The van der Waals surface area contributed by atoms with Crippen molar-refractivity contribution < 1.29 is 4.79 Å². The molecular formula is C16H29N3O. The van der Waals surface area contributed by atoms with Crippen molar-refractivity contribution in [2.75, 3.05) is 45.8 Å². The van der Waals surface area contributed by atoms with E-state index in [1.165, 1.54) is 0 Å². The molecule has 4 heteroatoms. The second-order valence-electron chi connectivity index (χ2n) is 6.19. The third-order valence-corrected chi connectivity index (χ3v) is 4.70. The van der Waals surface area contributed by atoms with E-state index in [2.05, 4.69) is 28.6 Å². The number of amides is 1. The number of nitrogens with one attached hydrogen (secondary N) is 1. The van der Waals surface area contributed by atoms with Gasteiger partial charge in [-0.1, -0.05) is 19.4 Å². The molecule has 2 aliphatic rings. The van der Waals surface area contributed by atoms with Crippen LogP contribution in [0.15, 0.2) is 12.7 Å². The lowest BCUT2D eigenvalue weighted by Gasteiger charge is -2.43. The maximum Gasteiger partial charge on any atom is 0.230 e. The van der Waals surface area contributed by atoms with E-state index >= 15 is 0 Å². The number of carbonyl (C=O) groups excluding carboxylic acids is 1. The van der Waals surface area contributed by atoms with Crippen LogP contribution in [0.5, 0.6) is 0 Å². The molecule has 0 radical (unpaired) electrons. The van der Waals surface area contributed by atoms with Gasteiger partial charge in [0, 0.05) is 39.3 Å². The Labute approximate surface area is 123 Å². The first-order valence-electron chi connectivity index (χ1n) is 8.05. The van der Waals surface area contributed by atoms with E-state index in [0.29, 0.717) is 5.91 Å².